The van der Waals surface area contributed by atoms with Crippen LogP contribution >= 0.6 is 11.6 Å². The third-order valence-corrected chi connectivity index (χ3v) is 2.34. The van der Waals surface area contributed by atoms with Gasteiger partial charge in [-0.3, -0.25) is 0 Å². The summed E-state index contributed by atoms with van der Waals surface area (Å²) in [6.45, 7) is 1.89. The SMILES string of the molecule is Cc1ccc(Oc2cccnc2Cl)c(O)c1. The van der Waals surface area contributed by atoms with Crippen molar-refractivity contribution in [3.05, 3.63) is 47.2 Å². The standard InChI is InChI=1S/C12H10ClNO2/c1-8-4-5-10(9(15)7-8)16-11-3-2-6-14-12(11)13/h2-7,15H,1H3. The van der Waals surface area contributed by atoms with Crippen molar-refractivity contribution >= 4 is 11.6 Å². The molecule has 4 heteroatoms. The first-order valence-electron chi connectivity index (χ1n) is 4.75. The van der Waals surface area contributed by atoms with Crippen LogP contribution in [-0.2, 0) is 0 Å². The Balaban J connectivity index is 2.31. The number of rotatable bonds is 2. The summed E-state index contributed by atoms with van der Waals surface area (Å²) in [4.78, 5) is 3.88. The number of phenols is 1. The van der Waals surface area contributed by atoms with E-state index in [1.54, 1.807) is 30.5 Å². The van der Waals surface area contributed by atoms with Crippen LogP contribution < -0.4 is 4.74 Å². The average Bonchev–Trinajstić information content (AvgIpc) is 2.25. The molecule has 3 nitrogen and oxygen atoms in total. The lowest BCUT2D eigenvalue weighted by Crippen LogP contribution is -1.87. The van der Waals surface area contributed by atoms with Crippen LogP contribution in [0.3, 0.4) is 0 Å². The summed E-state index contributed by atoms with van der Waals surface area (Å²) >= 11 is 5.84. The highest BCUT2D eigenvalue weighted by atomic mass is 35.5. The van der Waals surface area contributed by atoms with Gasteiger partial charge < -0.3 is 9.84 Å². The van der Waals surface area contributed by atoms with Crippen LogP contribution in [0.15, 0.2) is 36.5 Å². The van der Waals surface area contributed by atoms with Gasteiger partial charge >= 0.3 is 0 Å². The Morgan fingerprint density at radius 2 is 2.06 bits per heavy atom. The number of nitrogens with zero attached hydrogens (tertiary/aromatic N) is 1. The second-order valence-electron chi connectivity index (χ2n) is 3.37. The smallest absolute Gasteiger partial charge is 0.171 e. The fraction of sp³-hybridized carbons (Fsp3) is 0.0833. The molecule has 0 fully saturated rings. The van der Waals surface area contributed by atoms with E-state index in [4.69, 9.17) is 16.3 Å². The maximum Gasteiger partial charge on any atom is 0.171 e. The van der Waals surface area contributed by atoms with Gasteiger partial charge in [0.1, 0.15) is 0 Å². The summed E-state index contributed by atoms with van der Waals surface area (Å²) in [5.74, 6) is 0.865. The Morgan fingerprint density at radius 1 is 1.25 bits per heavy atom. The van der Waals surface area contributed by atoms with Gasteiger partial charge in [-0.1, -0.05) is 17.7 Å². The molecule has 16 heavy (non-hydrogen) atoms. The van der Waals surface area contributed by atoms with Crippen molar-refractivity contribution in [1.29, 1.82) is 0 Å². The van der Waals surface area contributed by atoms with Gasteiger partial charge in [-0.2, -0.15) is 0 Å². The minimum Gasteiger partial charge on any atom is -0.504 e. The Hall–Kier alpha value is -1.74. The molecule has 2 rings (SSSR count). The quantitative estimate of drug-likeness (QED) is 0.810. The molecule has 2 aromatic rings. The summed E-state index contributed by atoms with van der Waals surface area (Å²) in [5.41, 5.74) is 0.960. The van der Waals surface area contributed by atoms with E-state index in [-0.39, 0.29) is 10.9 Å². The van der Waals surface area contributed by atoms with Gasteiger partial charge in [0.15, 0.2) is 22.4 Å². The number of aryl methyl sites for hydroxylation is 1. The monoisotopic (exact) mass is 235 g/mol. The van der Waals surface area contributed by atoms with Crippen molar-refractivity contribution in [2.45, 2.75) is 6.92 Å². The molecule has 1 N–H and O–H groups in total. The molecule has 0 aliphatic carbocycles. The van der Waals surface area contributed by atoms with Crippen molar-refractivity contribution < 1.29 is 9.84 Å². The summed E-state index contributed by atoms with van der Waals surface area (Å²) in [5, 5.41) is 9.92. The fourth-order valence-corrected chi connectivity index (χ4v) is 1.44. The Labute approximate surface area is 98.3 Å². The highest BCUT2D eigenvalue weighted by Crippen LogP contribution is 2.33. The molecule has 0 aliphatic heterocycles. The van der Waals surface area contributed by atoms with Crippen LogP contribution in [0.25, 0.3) is 0 Å². The first-order chi connectivity index (χ1) is 7.66. The zero-order valence-electron chi connectivity index (χ0n) is 8.64. The number of benzene rings is 1. The van der Waals surface area contributed by atoms with Crippen LogP contribution in [0.1, 0.15) is 5.56 Å². The topological polar surface area (TPSA) is 42.4 Å². The van der Waals surface area contributed by atoms with Gasteiger partial charge in [0.2, 0.25) is 0 Å². The van der Waals surface area contributed by atoms with E-state index >= 15 is 0 Å². The summed E-state index contributed by atoms with van der Waals surface area (Å²) in [6, 6.07) is 8.56. The van der Waals surface area contributed by atoms with Gasteiger partial charge in [0.25, 0.3) is 0 Å². The van der Waals surface area contributed by atoms with Gasteiger partial charge in [0.05, 0.1) is 0 Å². The highest BCUT2D eigenvalue weighted by molar-refractivity contribution is 6.30. The third-order valence-electron chi connectivity index (χ3n) is 2.06. The zero-order chi connectivity index (χ0) is 11.5. The van der Waals surface area contributed by atoms with Crippen molar-refractivity contribution in [2.24, 2.45) is 0 Å². The fourth-order valence-electron chi connectivity index (χ4n) is 1.28. The number of phenolic OH excluding ortho intramolecular Hbond substituents is 1. The largest absolute Gasteiger partial charge is 0.504 e. The summed E-state index contributed by atoms with van der Waals surface area (Å²) < 4.78 is 5.45. The predicted molar refractivity (Wildman–Crippen MR) is 62.2 cm³/mol. The second-order valence-corrected chi connectivity index (χ2v) is 3.72. The molecule has 0 radical (unpaired) electrons. The first-order valence-corrected chi connectivity index (χ1v) is 5.12. The molecule has 1 aromatic carbocycles. The van der Waals surface area contributed by atoms with Gasteiger partial charge in [-0.15, -0.1) is 0 Å². The first kappa shape index (κ1) is 10.8. The van der Waals surface area contributed by atoms with E-state index in [2.05, 4.69) is 4.98 Å². The van der Waals surface area contributed by atoms with Crippen molar-refractivity contribution in [3.8, 4) is 17.2 Å². The molecule has 0 unspecified atom stereocenters. The molecule has 0 amide bonds. The van der Waals surface area contributed by atoms with E-state index < -0.39 is 0 Å². The minimum absolute atomic E-state index is 0.0833. The normalized spacial score (nSPS) is 10.1. The molecular weight excluding hydrogens is 226 g/mol. The number of pyridine rings is 1. The molecule has 0 aliphatic rings. The van der Waals surface area contributed by atoms with Crippen LogP contribution in [0, 0.1) is 6.92 Å². The average molecular weight is 236 g/mol. The number of aromatic hydroxyl groups is 1. The molecule has 0 bridgehead atoms. The molecule has 0 atom stereocenters. The van der Waals surface area contributed by atoms with Crippen LogP contribution in [0.5, 0.6) is 17.2 Å². The molecule has 82 valence electrons. The van der Waals surface area contributed by atoms with E-state index in [0.717, 1.165) is 5.56 Å². The Kier molecular flexibility index (Phi) is 2.97. The highest BCUT2D eigenvalue weighted by Gasteiger charge is 2.07. The van der Waals surface area contributed by atoms with Crippen LogP contribution in [0.4, 0.5) is 0 Å². The number of halogens is 1. The Bertz CT molecular complexity index is 514. The molecular formula is C12H10ClNO2. The molecule has 1 aromatic heterocycles. The molecule has 0 saturated carbocycles. The second kappa shape index (κ2) is 4.41. The summed E-state index contributed by atoms with van der Waals surface area (Å²) in [6.07, 6.45) is 1.57. The molecule has 0 spiro atoms. The lowest BCUT2D eigenvalue weighted by molar-refractivity contribution is 0.410. The van der Waals surface area contributed by atoms with E-state index in [0.29, 0.717) is 11.5 Å². The lowest BCUT2D eigenvalue weighted by atomic mass is 10.2. The maximum absolute atomic E-state index is 9.66. The number of hydrogen-bond donors (Lipinski definition) is 1. The van der Waals surface area contributed by atoms with E-state index in [1.807, 2.05) is 13.0 Å². The van der Waals surface area contributed by atoms with Crippen molar-refractivity contribution in [3.63, 3.8) is 0 Å². The van der Waals surface area contributed by atoms with Crippen LogP contribution in [0.2, 0.25) is 5.15 Å². The predicted octanol–water partition coefficient (Wildman–Crippen LogP) is 3.54. The van der Waals surface area contributed by atoms with Crippen LogP contribution in [-0.4, -0.2) is 10.1 Å². The van der Waals surface area contributed by atoms with E-state index in [1.165, 1.54) is 0 Å². The van der Waals surface area contributed by atoms with Crippen molar-refractivity contribution in [2.75, 3.05) is 0 Å². The van der Waals surface area contributed by atoms with Gasteiger partial charge in [0, 0.05) is 6.20 Å². The number of ether oxygens (including phenoxy) is 1. The summed E-state index contributed by atoms with van der Waals surface area (Å²) in [7, 11) is 0. The van der Waals surface area contributed by atoms with Gasteiger partial charge in [-0.05, 0) is 36.8 Å². The van der Waals surface area contributed by atoms with Gasteiger partial charge in [-0.25, -0.2) is 4.98 Å². The number of hydrogen-bond acceptors (Lipinski definition) is 3. The lowest BCUT2D eigenvalue weighted by Gasteiger charge is -2.08. The Morgan fingerprint density at radius 3 is 2.75 bits per heavy atom. The number of aromatic nitrogens is 1. The van der Waals surface area contributed by atoms with E-state index in [9.17, 15) is 5.11 Å². The molecule has 1 heterocycles. The molecule has 0 saturated heterocycles. The van der Waals surface area contributed by atoms with Crippen molar-refractivity contribution in [1.82, 2.24) is 4.98 Å². The maximum atomic E-state index is 9.66. The minimum atomic E-state index is 0.0833. The third kappa shape index (κ3) is 2.25. The zero-order valence-corrected chi connectivity index (χ0v) is 9.40.